The van der Waals surface area contributed by atoms with E-state index in [4.69, 9.17) is 5.73 Å². The van der Waals surface area contributed by atoms with Crippen molar-refractivity contribution in [2.45, 2.75) is 54.7 Å². The van der Waals surface area contributed by atoms with Crippen LogP contribution in [0.25, 0.3) is 0 Å². The van der Waals surface area contributed by atoms with Crippen molar-refractivity contribution in [3.63, 3.8) is 0 Å². The lowest BCUT2D eigenvalue weighted by molar-refractivity contribution is 0.566. The standard InChI is InChI=1S/C13H19N3O2S2/c14-12-11(20(17,18)9-5-6-9)13(19-16-12)15-10(7-1-2-7)8-3-4-8/h7-10,15H,1-6H2,(H2,14,16). The number of nitrogens with two attached hydrogens (primary N) is 1. The minimum atomic E-state index is -3.28. The molecule has 0 saturated heterocycles. The van der Waals surface area contributed by atoms with E-state index in [1.165, 1.54) is 37.2 Å². The Morgan fingerprint density at radius 3 is 2.25 bits per heavy atom. The van der Waals surface area contributed by atoms with Crippen LogP contribution in [0.4, 0.5) is 10.8 Å². The zero-order chi connectivity index (χ0) is 13.9. The molecule has 3 N–H and O–H groups in total. The summed E-state index contributed by atoms with van der Waals surface area (Å²) in [5, 5.41) is 3.92. The summed E-state index contributed by atoms with van der Waals surface area (Å²) in [7, 11) is -3.28. The van der Waals surface area contributed by atoms with E-state index in [9.17, 15) is 8.42 Å². The number of hydrogen-bond acceptors (Lipinski definition) is 6. The average Bonchev–Trinajstić information content (AvgIpc) is 3.28. The second-order valence-corrected chi connectivity index (χ2v) is 9.25. The number of nitrogens with one attached hydrogen (secondary N) is 1. The fourth-order valence-electron chi connectivity index (χ4n) is 2.89. The van der Waals surface area contributed by atoms with Gasteiger partial charge < -0.3 is 11.1 Å². The molecule has 20 heavy (non-hydrogen) atoms. The minimum absolute atomic E-state index is 0.176. The second-order valence-electron chi connectivity index (χ2n) is 6.32. The van der Waals surface area contributed by atoms with Gasteiger partial charge in [0.1, 0.15) is 9.90 Å². The number of aromatic nitrogens is 1. The second kappa shape index (κ2) is 4.34. The van der Waals surface area contributed by atoms with Gasteiger partial charge in [-0.05, 0) is 61.9 Å². The molecule has 0 aromatic carbocycles. The molecule has 3 fully saturated rings. The molecule has 1 aromatic rings. The molecule has 0 bridgehead atoms. The van der Waals surface area contributed by atoms with E-state index in [0.29, 0.717) is 22.9 Å². The van der Waals surface area contributed by atoms with Crippen molar-refractivity contribution in [2.75, 3.05) is 11.1 Å². The summed E-state index contributed by atoms with van der Waals surface area (Å²) in [5.41, 5.74) is 5.83. The molecule has 0 radical (unpaired) electrons. The molecule has 4 rings (SSSR count). The molecule has 0 amide bonds. The number of sulfone groups is 1. The van der Waals surface area contributed by atoms with Gasteiger partial charge in [-0.15, -0.1) is 0 Å². The van der Waals surface area contributed by atoms with Crippen LogP contribution >= 0.6 is 11.5 Å². The van der Waals surface area contributed by atoms with E-state index in [2.05, 4.69) is 9.69 Å². The maximum absolute atomic E-state index is 12.5. The van der Waals surface area contributed by atoms with Crippen LogP contribution in [0.5, 0.6) is 0 Å². The molecule has 0 spiro atoms. The van der Waals surface area contributed by atoms with Gasteiger partial charge in [0.2, 0.25) is 0 Å². The van der Waals surface area contributed by atoms with Crippen LogP contribution in [0.3, 0.4) is 0 Å². The van der Waals surface area contributed by atoms with Gasteiger partial charge in [0, 0.05) is 6.04 Å². The van der Waals surface area contributed by atoms with Gasteiger partial charge in [-0.2, -0.15) is 4.37 Å². The Bertz CT molecular complexity index is 616. The Morgan fingerprint density at radius 2 is 1.75 bits per heavy atom. The third-order valence-electron chi connectivity index (χ3n) is 4.48. The highest BCUT2D eigenvalue weighted by atomic mass is 32.2. The Balaban J connectivity index is 1.64. The minimum Gasteiger partial charge on any atom is -0.382 e. The molecule has 110 valence electrons. The van der Waals surface area contributed by atoms with E-state index < -0.39 is 9.84 Å². The molecule has 1 aromatic heterocycles. The predicted molar refractivity (Wildman–Crippen MR) is 79.6 cm³/mol. The Hall–Kier alpha value is -0.820. The Labute approximate surface area is 123 Å². The molecule has 1 heterocycles. The van der Waals surface area contributed by atoms with Crippen molar-refractivity contribution in [2.24, 2.45) is 11.8 Å². The van der Waals surface area contributed by atoms with Crippen LogP contribution in [0.15, 0.2) is 4.90 Å². The van der Waals surface area contributed by atoms with E-state index in [1.54, 1.807) is 0 Å². The molecule has 0 aliphatic heterocycles. The van der Waals surface area contributed by atoms with Crippen LogP contribution in [0, 0.1) is 11.8 Å². The third-order valence-corrected chi connectivity index (χ3v) is 7.73. The quantitative estimate of drug-likeness (QED) is 0.841. The summed E-state index contributed by atoms with van der Waals surface area (Å²) in [6.07, 6.45) is 6.54. The summed E-state index contributed by atoms with van der Waals surface area (Å²) in [4.78, 5) is 0.274. The van der Waals surface area contributed by atoms with E-state index in [-0.39, 0.29) is 16.0 Å². The van der Waals surface area contributed by atoms with Crippen molar-refractivity contribution in [3.8, 4) is 0 Å². The molecular formula is C13H19N3O2S2. The smallest absolute Gasteiger partial charge is 0.187 e. The Kier molecular flexibility index (Phi) is 2.79. The third kappa shape index (κ3) is 2.20. The first-order chi connectivity index (χ1) is 9.57. The first-order valence-electron chi connectivity index (χ1n) is 7.33. The zero-order valence-corrected chi connectivity index (χ0v) is 12.8. The largest absolute Gasteiger partial charge is 0.382 e. The van der Waals surface area contributed by atoms with E-state index >= 15 is 0 Å². The zero-order valence-electron chi connectivity index (χ0n) is 11.2. The highest BCUT2D eigenvalue weighted by Gasteiger charge is 2.44. The van der Waals surface area contributed by atoms with Gasteiger partial charge >= 0.3 is 0 Å². The van der Waals surface area contributed by atoms with Gasteiger partial charge in [0.25, 0.3) is 0 Å². The lowest BCUT2D eigenvalue weighted by atomic mass is 10.1. The molecule has 0 atom stereocenters. The maximum atomic E-state index is 12.5. The van der Waals surface area contributed by atoms with Gasteiger partial charge in [-0.25, -0.2) is 8.42 Å². The lowest BCUT2D eigenvalue weighted by Crippen LogP contribution is -2.25. The van der Waals surface area contributed by atoms with Gasteiger partial charge in [-0.1, -0.05) is 0 Å². The van der Waals surface area contributed by atoms with Crippen LogP contribution in [-0.4, -0.2) is 24.1 Å². The monoisotopic (exact) mass is 313 g/mol. The van der Waals surface area contributed by atoms with E-state index in [0.717, 1.165) is 12.8 Å². The first-order valence-corrected chi connectivity index (χ1v) is 9.65. The summed E-state index contributed by atoms with van der Waals surface area (Å²) < 4.78 is 29.1. The van der Waals surface area contributed by atoms with Crippen molar-refractivity contribution in [3.05, 3.63) is 0 Å². The van der Waals surface area contributed by atoms with Crippen LogP contribution in [0.1, 0.15) is 38.5 Å². The van der Waals surface area contributed by atoms with Crippen molar-refractivity contribution >= 4 is 32.2 Å². The van der Waals surface area contributed by atoms with Crippen molar-refractivity contribution < 1.29 is 8.42 Å². The fraction of sp³-hybridized carbons (Fsp3) is 0.769. The van der Waals surface area contributed by atoms with Gasteiger partial charge in [-0.3, -0.25) is 0 Å². The van der Waals surface area contributed by atoms with E-state index in [1.807, 2.05) is 0 Å². The molecule has 3 aliphatic carbocycles. The summed E-state index contributed by atoms with van der Waals surface area (Å²) in [5.74, 6) is 1.60. The topological polar surface area (TPSA) is 85.1 Å². The number of hydrogen-bond donors (Lipinski definition) is 2. The normalized spacial score (nSPS) is 23.2. The van der Waals surface area contributed by atoms with Gasteiger partial charge in [0.15, 0.2) is 15.7 Å². The van der Waals surface area contributed by atoms with Crippen LogP contribution in [-0.2, 0) is 9.84 Å². The Morgan fingerprint density at radius 1 is 1.15 bits per heavy atom. The number of nitrogens with zero attached hydrogens (tertiary/aromatic N) is 1. The lowest BCUT2D eigenvalue weighted by Gasteiger charge is -2.18. The molecule has 7 heteroatoms. The molecular weight excluding hydrogens is 294 g/mol. The number of anilines is 2. The maximum Gasteiger partial charge on any atom is 0.187 e. The molecule has 0 unspecified atom stereocenters. The summed E-state index contributed by atoms with van der Waals surface area (Å²) in [6.45, 7) is 0. The van der Waals surface area contributed by atoms with Gasteiger partial charge in [0.05, 0.1) is 5.25 Å². The summed E-state index contributed by atoms with van der Waals surface area (Å²) in [6, 6.07) is 0.419. The predicted octanol–water partition coefficient (Wildman–Crippen LogP) is 2.26. The SMILES string of the molecule is Nc1nsc(NC(C2CC2)C2CC2)c1S(=O)(=O)C1CC1. The molecule has 5 nitrogen and oxygen atoms in total. The van der Waals surface area contributed by atoms with Crippen molar-refractivity contribution in [1.29, 1.82) is 0 Å². The number of rotatable bonds is 6. The molecule has 3 aliphatic rings. The van der Waals surface area contributed by atoms with Crippen molar-refractivity contribution in [1.82, 2.24) is 4.37 Å². The summed E-state index contributed by atoms with van der Waals surface area (Å²) >= 11 is 1.20. The fourth-order valence-corrected chi connectivity index (χ4v) is 5.81. The average molecular weight is 313 g/mol. The number of nitrogen functional groups attached to an aromatic ring is 1. The first kappa shape index (κ1) is 12.9. The highest BCUT2D eigenvalue weighted by Crippen LogP contribution is 2.48. The van der Waals surface area contributed by atoms with Crippen LogP contribution in [0.2, 0.25) is 0 Å². The highest BCUT2D eigenvalue weighted by molar-refractivity contribution is 7.92. The van der Waals surface area contributed by atoms with Crippen LogP contribution < -0.4 is 11.1 Å². The molecule has 3 saturated carbocycles.